The van der Waals surface area contributed by atoms with Crippen LogP contribution in [0.2, 0.25) is 0 Å². The Morgan fingerprint density at radius 1 is 1.24 bits per heavy atom. The van der Waals surface area contributed by atoms with Crippen molar-refractivity contribution in [3.05, 3.63) is 34.1 Å². The second-order valence-corrected chi connectivity index (χ2v) is 8.26. The van der Waals surface area contributed by atoms with Crippen LogP contribution in [0.5, 0.6) is 0 Å². The lowest BCUT2D eigenvalue weighted by atomic mass is 9.58. The fourth-order valence-electron chi connectivity index (χ4n) is 5.11. The molecule has 21 heavy (non-hydrogen) atoms. The molecule has 1 unspecified atom stereocenters. The summed E-state index contributed by atoms with van der Waals surface area (Å²) in [5, 5.41) is 10.4. The van der Waals surface area contributed by atoms with Gasteiger partial charge in [0.05, 0.1) is 0 Å². The van der Waals surface area contributed by atoms with Gasteiger partial charge in [0.25, 0.3) is 0 Å². The van der Waals surface area contributed by atoms with Crippen molar-refractivity contribution in [1.82, 2.24) is 0 Å². The van der Waals surface area contributed by atoms with Crippen molar-refractivity contribution in [3.8, 4) is 0 Å². The molecule has 3 aliphatic rings. The number of allylic oxidation sites excluding steroid dienone is 5. The zero-order chi connectivity index (χ0) is 15.4. The largest absolute Gasteiger partial charge is 0.508 e. The molecule has 3 rings (SSSR count). The molecule has 116 valence electrons. The standard InChI is InChI=1S/C20H30O/c1-12(2)18-15-8-9-16-14(7-6-10-20(16,4)5)19(15)13(3)11-17(18)21/h11-13,16,21H,6-10H2,1-5H3/t13-,16?/m1/s1. The zero-order valence-corrected chi connectivity index (χ0v) is 14.3. The maximum Gasteiger partial charge on any atom is 0.115 e. The van der Waals surface area contributed by atoms with E-state index in [1.807, 2.05) is 0 Å². The van der Waals surface area contributed by atoms with Gasteiger partial charge < -0.3 is 5.11 Å². The second-order valence-electron chi connectivity index (χ2n) is 8.26. The minimum Gasteiger partial charge on any atom is -0.508 e. The third-order valence-electron chi connectivity index (χ3n) is 6.03. The van der Waals surface area contributed by atoms with Gasteiger partial charge in [-0.15, -0.1) is 0 Å². The Bertz CT molecular complexity index is 542. The third kappa shape index (κ3) is 2.29. The van der Waals surface area contributed by atoms with E-state index in [4.69, 9.17) is 0 Å². The van der Waals surface area contributed by atoms with E-state index in [-0.39, 0.29) is 0 Å². The van der Waals surface area contributed by atoms with Crippen LogP contribution in [0.1, 0.15) is 66.7 Å². The molecule has 2 atom stereocenters. The van der Waals surface area contributed by atoms with Crippen LogP contribution in [0.4, 0.5) is 0 Å². The average Bonchev–Trinajstić information content (AvgIpc) is 2.36. The van der Waals surface area contributed by atoms with Crippen molar-refractivity contribution in [3.63, 3.8) is 0 Å². The highest BCUT2D eigenvalue weighted by molar-refractivity contribution is 5.54. The lowest BCUT2D eigenvalue weighted by Gasteiger charge is -2.47. The molecular weight excluding hydrogens is 256 g/mol. The first-order chi connectivity index (χ1) is 9.83. The molecule has 1 N–H and O–H groups in total. The molecule has 0 saturated heterocycles. The van der Waals surface area contributed by atoms with Crippen molar-refractivity contribution >= 4 is 0 Å². The van der Waals surface area contributed by atoms with Gasteiger partial charge in [0, 0.05) is 5.92 Å². The average molecular weight is 286 g/mol. The van der Waals surface area contributed by atoms with E-state index in [2.05, 4.69) is 40.7 Å². The van der Waals surface area contributed by atoms with Crippen LogP contribution in [0.25, 0.3) is 0 Å². The third-order valence-corrected chi connectivity index (χ3v) is 6.03. The van der Waals surface area contributed by atoms with Gasteiger partial charge >= 0.3 is 0 Å². The SMILES string of the molecule is CC(C)C1=C2CCC3C(=C2[C@H](C)C=C1O)CCCC3(C)C. The van der Waals surface area contributed by atoms with Gasteiger partial charge in [-0.3, -0.25) is 0 Å². The van der Waals surface area contributed by atoms with Crippen molar-refractivity contribution in [1.29, 1.82) is 0 Å². The van der Waals surface area contributed by atoms with Crippen molar-refractivity contribution in [2.45, 2.75) is 66.7 Å². The molecule has 0 aliphatic heterocycles. The fourth-order valence-corrected chi connectivity index (χ4v) is 5.11. The van der Waals surface area contributed by atoms with Crippen LogP contribution < -0.4 is 0 Å². The Morgan fingerprint density at radius 3 is 2.62 bits per heavy atom. The summed E-state index contributed by atoms with van der Waals surface area (Å²) in [6.45, 7) is 11.6. The molecule has 0 radical (unpaired) electrons. The summed E-state index contributed by atoms with van der Waals surface area (Å²) in [6, 6.07) is 0. The molecule has 3 aliphatic carbocycles. The number of fused-ring (bicyclic) bond motifs is 2. The van der Waals surface area contributed by atoms with Gasteiger partial charge in [0.15, 0.2) is 0 Å². The monoisotopic (exact) mass is 286 g/mol. The van der Waals surface area contributed by atoms with E-state index in [0.717, 1.165) is 12.3 Å². The zero-order valence-electron chi connectivity index (χ0n) is 14.3. The highest BCUT2D eigenvalue weighted by atomic mass is 16.3. The molecule has 0 aromatic rings. The quantitative estimate of drug-likeness (QED) is 0.631. The number of rotatable bonds is 1. The van der Waals surface area contributed by atoms with Crippen LogP contribution in [0.15, 0.2) is 34.1 Å². The molecule has 0 heterocycles. The molecule has 1 saturated carbocycles. The van der Waals surface area contributed by atoms with Crippen molar-refractivity contribution in [2.75, 3.05) is 0 Å². The summed E-state index contributed by atoms with van der Waals surface area (Å²) < 4.78 is 0. The summed E-state index contributed by atoms with van der Waals surface area (Å²) in [6.07, 6.45) is 8.48. The number of hydrogen-bond donors (Lipinski definition) is 1. The predicted octanol–water partition coefficient (Wildman–Crippen LogP) is 5.95. The summed E-state index contributed by atoms with van der Waals surface area (Å²) in [5.41, 5.74) is 6.48. The molecular formula is C20H30O. The molecule has 1 heteroatoms. The smallest absolute Gasteiger partial charge is 0.115 e. The molecule has 0 spiro atoms. The minimum absolute atomic E-state index is 0.384. The molecule has 1 fully saturated rings. The van der Waals surface area contributed by atoms with Crippen molar-refractivity contribution in [2.24, 2.45) is 23.2 Å². The summed E-state index contributed by atoms with van der Waals surface area (Å²) in [5.74, 6) is 2.10. The molecule has 0 aromatic heterocycles. The maximum atomic E-state index is 10.4. The van der Waals surface area contributed by atoms with Gasteiger partial charge in [-0.05, 0) is 72.2 Å². The van der Waals surface area contributed by atoms with Crippen molar-refractivity contribution < 1.29 is 5.11 Å². The maximum absolute atomic E-state index is 10.4. The van der Waals surface area contributed by atoms with Gasteiger partial charge in [0.2, 0.25) is 0 Å². The van der Waals surface area contributed by atoms with Gasteiger partial charge in [-0.2, -0.15) is 0 Å². The van der Waals surface area contributed by atoms with Gasteiger partial charge in [-0.25, -0.2) is 0 Å². The van der Waals surface area contributed by atoms with E-state index in [1.54, 1.807) is 11.1 Å². The van der Waals surface area contributed by atoms with E-state index in [1.165, 1.54) is 36.8 Å². The molecule has 0 bridgehead atoms. The fraction of sp³-hybridized carbons (Fsp3) is 0.700. The van der Waals surface area contributed by atoms with E-state index in [9.17, 15) is 5.11 Å². The Balaban J connectivity index is 2.17. The summed E-state index contributed by atoms with van der Waals surface area (Å²) >= 11 is 0. The van der Waals surface area contributed by atoms with Gasteiger partial charge in [0.1, 0.15) is 5.76 Å². The number of aliphatic hydroxyl groups excluding tert-OH is 1. The lowest BCUT2D eigenvalue weighted by Crippen LogP contribution is -2.34. The highest BCUT2D eigenvalue weighted by Crippen LogP contribution is 2.54. The van der Waals surface area contributed by atoms with E-state index >= 15 is 0 Å². The predicted molar refractivity (Wildman–Crippen MR) is 89.1 cm³/mol. The lowest BCUT2D eigenvalue weighted by molar-refractivity contribution is 0.172. The minimum atomic E-state index is 0.384. The van der Waals surface area contributed by atoms with Crippen LogP contribution in [0.3, 0.4) is 0 Å². The van der Waals surface area contributed by atoms with E-state index < -0.39 is 0 Å². The van der Waals surface area contributed by atoms with Gasteiger partial charge in [-0.1, -0.05) is 40.2 Å². The molecule has 1 nitrogen and oxygen atoms in total. The Hall–Kier alpha value is -0.980. The first kappa shape index (κ1) is 14.9. The normalized spacial score (nSPS) is 32.0. The van der Waals surface area contributed by atoms with Crippen LogP contribution in [-0.2, 0) is 0 Å². The first-order valence-corrected chi connectivity index (χ1v) is 8.70. The second kappa shape index (κ2) is 5.04. The number of aliphatic hydroxyl groups is 1. The van der Waals surface area contributed by atoms with E-state index in [0.29, 0.717) is 23.0 Å². The summed E-state index contributed by atoms with van der Waals surface area (Å²) in [7, 11) is 0. The summed E-state index contributed by atoms with van der Waals surface area (Å²) in [4.78, 5) is 0. The van der Waals surface area contributed by atoms with Crippen LogP contribution >= 0.6 is 0 Å². The Morgan fingerprint density at radius 2 is 1.95 bits per heavy atom. The number of hydrogen-bond acceptors (Lipinski definition) is 1. The Labute approximate surface area is 129 Å². The topological polar surface area (TPSA) is 20.2 Å². The Kier molecular flexibility index (Phi) is 3.58. The van der Waals surface area contributed by atoms with Crippen LogP contribution in [-0.4, -0.2) is 5.11 Å². The molecule has 0 amide bonds. The molecule has 0 aromatic carbocycles. The first-order valence-electron chi connectivity index (χ1n) is 8.70. The highest BCUT2D eigenvalue weighted by Gasteiger charge is 2.41. The van der Waals surface area contributed by atoms with Crippen LogP contribution in [0, 0.1) is 23.2 Å².